The highest BCUT2D eigenvalue weighted by Crippen LogP contribution is 2.48. The molecule has 21 heavy (non-hydrogen) atoms. The van der Waals surface area contributed by atoms with Crippen LogP contribution in [0.25, 0.3) is 0 Å². The fourth-order valence-electron chi connectivity index (χ4n) is 3.60. The van der Waals surface area contributed by atoms with E-state index in [1.54, 1.807) is 0 Å². The maximum absolute atomic E-state index is 12.6. The first-order valence-electron chi connectivity index (χ1n) is 7.26. The quantitative estimate of drug-likeness (QED) is 0.839. The monoisotopic (exact) mass is 285 g/mol. The molecular formula is C17H19NO3. The van der Waals surface area contributed by atoms with E-state index in [0.717, 1.165) is 23.2 Å². The van der Waals surface area contributed by atoms with Gasteiger partial charge in [0.15, 0.2) is 0 Å². The predicted molar refractivity (Wildman–Crippen MR) is 79.9 cm³/mol. The van der Waals surface area contributed by atoms with Crippen molar-refractivity contribution in [2.75, 3.05) is 5.32 Å². The Morgan fingerprint density at radius 3 is 2.48 bits per heavy atom. The molecule has 4 heteroatoms. The van der Waals surface area contributed by atoms with Crippen molar-refractivity contribution in [3.8, 4) is 0 Å². The van der Waals surface area contributed by atoms with Crippen LogP contribution in [0.1, 0.15) is 17.5 Å². The van der Waals surface area contributed by atoms with Crippen LogP contribution >= 0.6 is 0 Å². The van der Waals surface area contributed by atoms with Crippen molar-refractivity contribution in [2.45, 2.75) is 20.3 Å². The zero-order valence-electron chi connectivity index (χ0n) is 12.2. The average molecular weight is 285 g/mol. The maximum atomic E-state index is 12.6. The molecular weight excluding hydrogens is 266 g/mol. The van der Waals surface area contributed by atoms with Gasteiger partial charge in [-0.15, -0.1) is 0 Å². The van der Waals surface area contributed by atoms with Gasteiger partial charge in [-0.3, -0.25) is 9.59 Å². The van der Waals surface area contributed by atoms with Gasteiger partial charge >= 0.3 is 5.97 Å². The van der Waals surface area contributed by atoms with Crippen LogP contribution < -0.4 is 5.32 Å². The lowest BCUT2D eigenvalue weighted by atomic mass is 9.82. The summed E-state index contributed by atoms with van der Waals surface area (Å²) in [4.78, 5) is 24.0. The maximum Gasteiger partial charge on any atom is 0.307 e. The number of nitrogens with one attached hydrogen (secondary N) is 1. The van der Waals surface area contributed by atoms with Crippen molar-refractivity contribution in [1.82, 2.24) is 0 Å². The predicted octanol–water partition coefficient (Wildman–Crippen LogP) is 2.76. The summed E-state index contributed by atoms with van der Waals surface area (Å²) in [6, 6.07) is 5.87. The summed E-state index contributed by atoms with van der Waals surface area (Å²) in [5.41, 5.74) is 2.83. The number of carboxylic acids is 1. The second-order valence-electron chi connectivity index (χ2n) is 6.15. The summed E-state index contributed by atoms with van der Waals surface area (Å²) in [5, 5.41) is 12.3. The number of anilines is 1. The first-order valence-corrected chi connectivity index (χ1v) is 7.26. The van der Waals surface area contributed by atoms with Crippen LogP contribution in [0.5, 0.6) is 0 Å². The molecule has 1 amide bonds. The van der Waals surface area contributed by atoms with Gasteiger partial charge in [-0.25, -0.2) is 0 Å². The molecule has 4 nitrogen and oxygen atoms in total. The van der Waals surface area contributed by atoms with Crippen LogP contribution in [0.15, 0.2) is 30.4 Å². The van der Waals surface area contributed by atoms with Gasteiger partial charge in [0.2, 0.25) is 5.91 Å². The van der Waals surface area contributed by atoms with Crippen molar-refractivity contribution in [1.29, 1.82) is 0 Å². The largest absolute Gasteiger partial charge is 0.481 e. The van der Waals surface area contributed by atoms with Crippen molar-refractivity contribution >= 4 is 17.6 Å². The molecule has 0 aromatic heterocycles. The Balaban J connectivity index is 1.83. The topological polar surface area (TPSA) is 66.4 Å². The van der Waals surface area contributed by atoms with E-state index in [0.29, 0.717) is 0 Å². The van der Waals surface area contributed by atoms with Crippen LogP contribution in [-0.2, 0) is 9.59 Å². The first-order chi connectivity index (χ1) is 9.97. The Labute approximate surface area is 123 Å². The van der Waals surface area contributed by atoms with Crippen LogP contribution in [0.4, 0.5) is 5.69 Å². The van der Waals surface area contributed by atoms with Crippen LogP contribution in [0.2, 0.25) is 0 Å². The van der Waals surface area contributed by atoms with E-state index in [1.165, 1.54) is 0 Å². The highest BCUT2D eigenvalue weighted by atomic mass is 16.4. The van der Waals surface area contributed by atoms with Crippen molar-refractivity contribution in [3.05, 3.63) is 41.5 Å². The van der Waals surface area contributed by atoms with Gasteiger partial charge in [0.25, 0.3) is 0 Å². The highest BCUT2D eigenvalue weighted by Gasteiger charge is 2.51. The van der Waals surface area contributed by atoms with Crippen LogP contribution in [0.3, 0.4) is 0 Å². The number of carbonyl (C=O) groups is 2. The molecule has 1 aromatic carbocycles. The minimum Gasteiger partial charge on any atom is -0.481 e. The number of allylic oxidation sites excluding steroid dienone is 2. The van der Waals surface area contributed by atoms with E-state index in [1.807, 2.05) is 44.2 Å². The molecule has 2 aliphatic carbocycles. The Morgan fingerprint density at radius 2 is 1.81 bits per heavy atom. The summed E-state index contributed by atoms with van der Waals surface area (Å²) in [6.07, 6.45) is 4.73. The van der Waals surface area contributed by atoms with Crippen LogP contribution in [-0.4, -0.2) is 17.0 Å². The lowest BCUT2D eigenvalue weighted by molar-refractivity contribution is -0.146. The molecule has 1 aromatic rings. The Morgan fingerprint density at radius 1 is 1.14 bits per heavy atom. The number of aryl methyl sites for hydroxylation is 2. The van der Waals surface area contributed by atoms with E-state index < -0.39 is 17.8 Å². The molecule has 110 valence electrons. The number of amides is 1. The third-order valence-corrected chi connectivity index (χ3v) is 4.70. The number of hydrogen-bond donors (Lipinski definition) is 2. The van der Waals surface area contributed by atoms with Gasteiger partial charge in [0, 0.05) is 5.69 Å². The number of benzene rings is 1. The SMILES string of the molecule is Cc1ccc(C)c(NC(=O)[C@@H]2[C@H](C(=O)O)[C@H]3C=C[C@H]2C3)c1. The minimum atomic E-state index is -0.868. The molecule has 0 heterocycles. The molecule has 0 saturated heterocycles. The molecule has 0 unspecified atom stereocenters. The number of aliphatic carboxylic acids is 1. The van der Waals surface area contributed by atoms with E-state index in [-0.39, 0.29) is 17.7 Å². The Bertz CT molecular complexity index is 635. The average Bonchev–Trinajstić information content (AvgIpc) is 3.03. The molecule has 0 aliphatic heterocycles. The third kappa shape index (κ3) is 2.35. The standard InChI is InChI=1S/C17H19NO3/c1-9-3-4-10(2)13(7-9)18-16(19)14-11-5-6-12(8-11)15(14)17(20)21/h3-7,11-12,14-15H,8H2,1-2H3,(H,18,19)(H,20,21)/t11-,12-,14-,15+/m0/s1. The number of rotatable bonds is 3. The van der Waals surface area contributed by atoms with Gasteiger partial charge in [0.05, 0.1) is 11.8 Å². The lowest BCUT2D eigenvalue weighted by Crippen LogP contribution is -2.36. The van der Waals surface area contributed by atoms with E-state index >= 15 is 0 Å². The number of fused-ring (bicyclic) bond motifs is 2. The van der Waals surface area contributed by atoms with Crippen LogP contribution in [0, 0.1) is 37.5 Å². The second-order valence-corrected chi connectivity index (χ2v) is 6.15. The smallest absolute Gasteiger partial charge is 0.307 e. The van der Waals surface area contributed by atoms with Crippen molar-refractivity contribution in [2.24, 2.45) is 23.7 Å². The zero-order valence-corrected chi connectivity index (χ0v) is 12.2. The molecule has 2 bridgehead atoms. The molecule has 1 fully saturated rings. The van der Waals surface area contributed by atoms with Gasteiger partial charge in [0.1, 0.15) is 0 Å². The fraction of sp³-hybridized carbons (Fsp3) is 0.412. The molecule has 4 atom stereocenters. The zero-order chi connectivity index (χ0) is 15.1. The Kier molecular flexibility index (Phi) is 3.32. The van der Waals surface area contributed by atoms with E-state index in [9.17, 15) is 14.7 Å². The van der Waals surface area contributed by atoms with Crippen molar-refractivity contribution < 1.29 is 14.7 Å². The molecule has 0 radical (unpaired) electrons. The minimum absolute atomic E-state index is 0.00172. The second kappa shape index (κ2) is 5.02. The van der Waals surface area contributed by atoms with Crippen molar-refractivity contribution in [3.63, 3.8) is 0 Å². The number of hydrogen-bond acceptors (Lipinski definition) is 2. The van der Waals surface area contributed by atoms with E-state index in [4.69, 9.17) is 0 Å². The third-order valence-electron chi connectivity index (χ3n) is 4.70. The first kappa shape index (κ1) is 13.9. The summed E-state index contributed by atoms with van der Waals surface area (Å²) in [7, 11) is 0. The number of carbonyl (C=O) groups excluding carboxylic acids is 1. The van der Waals surface area contributed by atoms with E-state index in [2.05, 4.69) is 5.32 Å². The van der Waals surface area contributed by atoms with Gasteiger partial charge in [-0.05, 0) is 49.3 Å². The normalized spacial score (nSPS) is 29.6. The van der Waals surface area contributed by atoms with Gasteiger partial charge < -0.3 is 10.4 Å². The fourth-order valence-corrected chi connectivity index (χ4v) is 3.60. The number of carboxylic acid groups (broad SMARTS) is 1. The van der Waals surface area contributed by atoms with Gasteiger partial charge in [-0.1, -0.05) is 24.3 Å². The summed E-state index contributed by atoms with van der Waals surface area (Å²) in [5.74, 6) is -2.04. The molecule has 2 aliphatic rings. The Hall–Kier alpha value is -2.10. The van der Waals surface area contributed by atoms with Gasteiger partial charge in [-0.2, -0.15) is 0 Å². The summed E-state index contributed by atoms with van der Waals surface area (Å²) >= 11 is 0. The lowest BCUT2D eigenvalue weighted by Gasteiger charge is -2.24. The molecule has 2 N–H and O–H groups in total. The summed E-state index contributed by atoms with van der Waals surface area (Å²) < 4.78 is 0. The molecule has 1 saturated carbocycles. The highest BCUT2D eigenvalue weighted by molar-refractivity contribution is 5.97. The molecule has 0 spiro atoms. The summed E-state index contributed by atoms with van der Waals surface area (Å²) in [6.45, 7) is 3.90. The molecule has 3 rings (SSSR count).